The number of nitrogens with one attached hydrogen (secondary N) is 1. The number of aromatic hydroxyl groups is 1. The molecule has 1 atom stereocenters. The summed E-state index contributed by atoms with van der Waals surface area (Å²) < 4.78 is 0. The maximum absolute atomic E-state index is 9.94. The molecule has 16 heavy (non-hydrogen) atoms. The van der Waals surface area contributed by atoms with Crippen molar-refractivity contribution in [1.29, 1.82) is 0 Å². The van der Waals surface area contributed by atoms with Gasteiger partial charge in [0, 0.05) is 12.5 Å². The molecule has 0 saturated carbocycles. The topological polar surface area (TPSA) is 32.3 Å². The minimum absolute atomic E-state index is 0.222. The maximum atomic E-state index is 9.94. The standard InChI is InChI=1S/C14H21NO/c1-14(2,3)12-9-15-8-7-11-10(12)5-4-6-13(11)16/h4-6,12,15-16H,7-9H2,1-3H3. The summed E-state index contributed by atoms with van der Waals surface area (Å²) in [5.74, 6) is 0.924. The fraction of sp³-hybridized carbons (Fsp3) is 0.571. The van der Waals surface area contributed by atoms with Crippen molar-refractivity contribution in [1.82, 2.24) is 5.32 Å². The highest BCUT2D eigenvalue weighted by atomic mass is 16.3. The zero-order valence-electron chi connectivity index (χ0n) is 10.4. The van der Waals surface area contributed by atoms with Gasteiger partial charge in [0.05, 0.1) is 0 Å². The Balaban J connectivity index is 2.49. The Bertz CT molecular complexity index is 379. The third kappa shape index (κ3) is 2.07. The molecule has 0 aromatic heterocycles. The molecule has 1 aliphatic heterocycles. The van der Waals surface area contributed by atoms with Crippen LogP contribution in [0, 0.1) is 5.41 Å². The Hall–Kier alpha value is -1.02. The van der Waals surface area contributed by atoms with Gasteiger partial charge >= 0.3 is 0 Å². The molecule has 1 unspecified atom stereocenters. The first-order valence-electron chi connectivity index (χ1n) is 6.01. The van der Waals surface area contributed by atoms with Crippen molar-refractivity contribution in [2.75, 3.05) is 13.1 Å². The fourth-order valence-electron chi connectivity index (χ4n) is 2.53. The number of hydrogen-bond donors (Lipinski definition) is 2. The Morgan fingerprint density at radius 2 is 2.06 bits per heavy atom. The number of phenolic OH excluding ortho intramolecular Hbond substituents is 1. The van der Waals surface area contributed by atoms with Gasteiger partial charge in [-0.1, -0.05) is 32.9 Å². The van der Waals surface area contributed by atoms with Crippen LogP contribution in [0.4, 0.5) is 0 Å². The monoisotopic (exact) mass is 219 g/mol. The van der Waals surface area contributed by atoms with E-state index in [2.05, 4.69) is 32.2 Å². The highest BCUT2D eigenvalue weighted by molar-refractivity contribution is 5.43. The summed E-state index contributed by atoms with van der Waals surface area (Å²) in [6.07, 6.45) is 0.925. The summed E-state index contributed by atoms with van der Waals surface area (Å²) in [5, 5.41) is 13.4. The lowest BCUT2D eigenvalue weighted by Crippen LogP contribution is -2.28. The average molecular weight is 219 g/mol. The van der Waals surface area contributed by atoms with Gasteiger partial charge in [-0.25, -0.2) is 0 Å². The molecule has 2 nitrogen and oxygen atoms in total. The smallest absolute Gasteiger partial charge is 0.119 e. The van der Waals surface area contributed by atoms with Gasteiger partial charge in [-0.15, -0.1) is 0 Å². The Morgan fingerprint density at radius 1 is 1.31 bits per heavy atom. The lowest BCUT2D eigenvalue weighted by Gasteiger charge is -2.31. The third-order valence-electron chi connectivity index (χ3n) is 3.51. The zero-order valence-corrected chi connectivity index (χ0v) is 10.4. The van der Waals surface area contributed by atoms with Crippen LogP contribution in [0.2, 0.25) is 0 Å². The van der Waals surface area contributed by atoms with Crippen LogP contribution in [-0.4, -0.2) is 18.2 Å². The summed E-state index contributed by atoms with van der Waals surface area (Å²) in [7, 11) is 0. The van der Waals surface area contributed by atoms with E-state index >= 15 is 0 Å². The van der Waals surface area contributed by atoms with Crippen LogP contribution in [0.15, 0.2) is 18.2 Å². The van der Waals surface area contributed by atoms with E-state index < -0.39 is 0 Å². The highest BCUT2D eigenvalue weighted by Gasteiger charge is 2.29. The number of benzene rings is 1. The van der Waals surface area contributed by atoms with Crippen LogP contribution in [0.3, 0.4) is 0 Å². The Morgan fingerprint density at radius 3 is 2.75 bits per heavy atom. The minimum atomic E-state index is 0.222. The number of rotatable bonds is 0. The van der Waals surface area contributed by atoms with Crippen LogP contribution >= 0.6 is 0 Å². The van der Waals surface area contributed by atoms with Crippen LogP contribution in [-0.2, 0) is 6.42 Å². The third-order valence-corrected chi connectivity index (χ3v) is 3.51. The molecule has 88 valence electrons. The van der Waals surface area contributed by atoms with Gasteiger partial charge in [-0.05, 0) is 35.6 Å². The van der Waals surface area contributed by atoms with Gasteiger partial charge in [-0.3, -0.25) is 0 Å². The molecule has 0 fully saturated rings. The van der Waals surface area contributed by atoms with Crippen LogP contribution in [0.5, 0.6) is 5.75 Å². The largest absolute Gasteiger partial charge is 0.508 e. The second-order valence-corrected chi connectivity index (χ2v) is 5.72. The van der Waals surface area contributed by atoms with Crippen molar-refractivity contribution in [3.05, 3.63) is 29.3 Å². The van der Waals surface area contributed by atoms with Crippen molar-refractivity contribution in [2.45, 2.75) is 33.1 Å². The van der Waals surface area contributed by atoms with E-state index in [0.717, 1.165) is 25.1 Å². The lowest BCUT2D eigenvalue weighted by molar-refractivity contribution is 0.313. The van der Waals surface area contributed by atoms with Crippen molar-refractivity contribution >= 4 is 0 Å². The quantitative estimate of drug-likeness (QED) is 0.703. The van der Waals surface area contributed by atoms with Crippen molar-refractivity contribution in [3.8, 4) is 5.75 Å². The molecule has 1 aromatic rings. The molecule has 0 aliphatic carbocycles. The Kier molecular flexibility index (Phi) is 2.94. The molecular formula is C14H21NO. The first-order valence-corrected chi connectivity index (χ1v) is 6.01. The van der Waals surface area contributed by atoms with Gasteiger partial charge in [0.1, 0.15) is 5.75 Å². The molecule has 0 amide bonds. The molecule has 1 aromatic carbocycles. The fourth-order valence-corrected chi connectivity index (χ4v) is 2.53. The molecule has 1 heterocycles. The molecule has 1 aliphatic rings. The summed E-state index contributed by atoms with van der Waals surface area (Å²) in [6.45, 7) is 8.74. The number of hydrogen-bond acceptors (Lipinski definition) is 2. The molecule has 2 rings (SSSR count). The van der Waals surface area contributed by atoms with Crippen LogP contribution < -0.4 is 5.32 Å². The van der Waals surface area contributed by atoms with E-state index in [0.29, 0.717) is 11.7 Å². The van der Waals surface area contributed by atoms with E-state index in [1.807, 2.05) is 6.07 Å². The van der Waals surface area contributed by atoms with Crippen LogP contribution in [0.1, 0.15) is 37.8 Å². The van der Waals surface area contributed by atoms with Gasteiger partial charge in [0.15, 0.2) is 0 Å². The highest BCUT2D eigenvalue weighted by Crippen LogP contribution is 2.39. The molecule has 2 N–H and O–H groups in total. The number of phenols is 1. The van der Waals surface area contributed by atoms with E-state index in [4.69, 9.17) is 0 Å². The maximum Gasteiger partial charge on any atom is 0.119 e. The first-order chi connectivity index (χ1) is 7.50. The zero-order chi connectivity index (χ0) is 11.8. The van der Waals surface area contributed by atoms with E-state index in [9.17, 15) is 5.11 Å². The summed E-state index contributed by atoms with van der Waals surface area (Å²) in [5.41, 5.74) is 2.67. The molecule has 0 spiro atoms. The molecule has 0 bridgehead atoms. The van der Waals surface area contributed by atoms with E-state index in [1.165, 1.54) is 5.56 Å². The molecule has 0 radical (unpaired) electrons. The predicted molar refractivity (Wildman–Crippen MR) is 66.9 cm³/mol. The molecular weight excluding hydrogens is 198 g/mol. The van der Waals surface area contributed by atoms with E-state index in [1.54, 1.807) is 6.07 Å². The second-order valence-electron chi connectivity index (χ2n) is 5.72. The summed E-state index contributed by atoms with van der Waals surface area (Å²) >= 11 is 0. The van der Waals surface area contributed by atoms with Crippen molar-refractivity contribution < 1.29 is 5.11 Å². The normalized spacial score (nSPS) is 21.3. The predicted octanol–water partition coefficient (Wildman–Crippen LogP) is 2.67. The first kappa shape index (κ1) is 11.5. The van der Waals surface area contributed by atoms with Gasteiger partial charge in [0.25, 0.3) is 0 Å². The van der Waals surface area contributed by atoms with Gasteiger partial charge < -0.3 is 10.4 Å². The van der Waals surface area contributed by atoms with Gasteiger partial charge in [-0.2, -0.15) is 0 Å². The SMILES string of the molecule is CC(C)(C)C1CNCCc2c(O)cccc21. The molecule has 0 saturated heterocycles. The van der Waals surface area contributed by atoms with Crippen molar-refractivity contribution in [2.24, 2.45) is 5.41 Å². The van der Waals surface area contributed by atoms with Gasteiger partial charge in [0.2, 0.25) is 0 Å². The second kappa shape index (κ2) is 4.10. The number of fused-ring (bicyclic) bond motifs is 1. The minimum Gasteiger partial charge on any atom is -0.508 e. The van der Waals surface area contributed by atoms with E-state index in [-0.39, 0.29) is 5.41 Å². The summed E-state index contributed by atoms with van der Waals surface area (Å²) in [6, 6.07) is 5.92. The molecule has 2 heteroatoms. The lowest BCUT2D eigenvalue weighted by atomic mass is 9.75. The van der Waals surface area contributed by atoms with Crippen LogP contribution in [0.25, 0.3) is 0 Å². The van der Waals surface area contributed by atoms with Crippen molar-refractivity contribution in [3.63, 3.8) is 0 Å². The summed E-state index contributed by atoms with van der Waals surface area (Å²) in [4.78, 5) is 0. The Labute approximate surface area is 97.7 Å². The average Bonchev–Trinajstić information content (AvgIpc) is 2.39.